The first-order valence-electron chi connectivity index (χ1n) is 9.59. The number of rotatable bonds is 7. The summed E-state index contributed by atoms with van der Waals surface area (Å²) in [7, 11) is 0. The number of benzene rings is 2. The number of hydrogen-bond acceptors (Lipinski definition) is 3. The maximum atomic E-state index is 12.1. The van der Waals surface area contributed by atoms with Gasteiger partial charge in [0.1, 0.15) is 0 Å². The van der Waals surface area contributed by atoms with Gasteiger partial charge in [0.25, 0.3) is 0 Å². The van der Waals surface area contributed by atoms with Crippen molar-refractivity contribution in [3.63, 3.8) is 0 Å². The predicted molar refractivity (Wildman–Crippen MR) is 115 cm³/mol. The van der Waals surface area contributed by atoms with Gasteiger partial charge in [0, 0.05) is 18.8 Å². The van der Waals surface area contributed by atoms with E-state index in [1.807, 2.05) is 24.3 Å². The van der Waals surface area contributed by atoms with Crippen molar-refractivity contribution in [3.8, 4) is 0 Å². The fourth-order valence-corrected chi connectivity index (χ4v) is 2.89. The second-order valence-corrected chi connectivity index (χ2v) is 7.68. The van der Waals surface area contributed by atoms with Crippen molar-refractivity contribution in [1.82, 2.24) is 5.43 Å². The van der Waals surface area contributed by atoms with E-state index in [-0.39, 0.29) is 11.3 Å². The molecule has 0 spiro atoms. The Hall–Kier alpha value is -2.62. The number of nitrogens with one attached hydrogen (secondary N) is 1. The standard InChI is InChI=1S/C23H31N3O/c1-6-26(7-2)21-14-10-19(11-15-21)17-24-25-22(27)16-18-8-12-20(13-9-18)23(3,4)5/h8-15,17H,6-7,16H2,1-5H3,(H,25,27)/b24-17-. The zero-order valence-corrected chi connectivity index (χ0v) is 17.1. The summed E-state index contributed by atoms with van der Waals surface area (Å²) in [6, 6.07) is 16.4. The average Bonchev–Trinajstić information content (AvgIpc) is 2.63. The van der Waals surface area contributed by atoms with Crippen LogP contribution in [0.25, 0.3) is 0 Å². The van der Waals surface area contributed by atoms with Crippen LogP contribution in [0.4, 0.5) is 5.69 Å². The van der Waals surface area contributed by atoms with Gasteiger partial charge in [0.05, 0.1) is 12.6 Å². The van der Waals surface area contributed by atoms with Gasteiger partial charge >= 0.3 is 0 Å². The summed E-state index contributed by atoms with van der Waals surface area (Å²) in [5.74, 6) is -0.116. The highest BCUT2D eigenvalue weighted by Crippen LogP contribution is 2.22. The first-order valence-corrected chi connectivity index (χ1v) is 9.59. The molecule has 0 atom stereocenters. The SMILES string of the molecule is CCN(CC)c1ccc(/C=N\NC(=O)Cc2ccc(C(C)(C)C)cc2)cc1. The summed E-state index contributed by atoms with van der Waals surface area (Å²) in [4.78, 5) is 14.4. The Morgan fingerprint density at radius 3 is 2.11 bits per heavy atom. The van der Waals surface area contributed by atoms with Crippen LogP contribution in [0.5, 0.6) is 0 Å². The summed E-state index contributed by atoms with van der Waals surface area (Å²) in [6.45, 7) is 12.8. The number of carbonyl (C=O) groups excluding carboxylic acids is 1. The van der Waals surface area contributed by atoms with Gasteiger partial charge in [-0.1, -0.05) is 57.2 Å². The molecular formula is C23H31N3O. The molecule has 0 bridgehead atoms. The van der Waals surface area contributed by atoms with Crippen LogP contribution in [-0.2, 0) is 16.6 Å². The van der Waals surface area contributed by atoms with Gasteiger partial charge in [-0.15, -0.1) is 0 Å². The molecule has 0 radical (unpaired) electrons. The highest BCUT2D eigenvalue weighted by atomic mass is 16.2. The monoisotopic (exact) mass is 365 g/mol. The van der Waals surface area contributed by atoms with Gasteiger partial charge < -0.3 is 4.90 Å². The van der Waals surface area contributed by atoms with E-state index in [2.05, 4.69) is 74.3 Å². The third-order valence-corrected chi connectivity index (χ3v) is 4.61. The first-order chi connectivity index (χ1) is 12.8. The Morgan fingerprint density at radius 2 is 1.59 bits per heavy atom. The zero-order valence-electron chi connectivity index (χ0n) is 17.1. The lowest BCUT2D eigenvalue weighted by atomic mass is 9.86. The van der Waals surface area contributed by atoms with Crippen molar-refractivity contribution in [3.05, 3.63) is 65.2 Å². The predicted octanol–water partition coefficient (Wildman–Crippen LogP) is 4.52. The van der Waals surface area contributed by atoms with E-state index in [1.54, 1.807) is 6.21 Å². The van der Waals surface area contributed by atoms with Crippen molar-refractivity contribution in [2.24, 2.45) is 5.10 Å². The minimum Gasteiger partial charge on any atom is -0.372 e. The minimum atomic E-state index is -0.116. The zero-order chi connectivity index (χ0) is 19.9. The number of nitrogens with zero attached hydrogens (tertiary/aromatic N) is 2. The lowest BCUT2D eigenvalue weighted by Crippen LogP contribution is -2.21. The van der Waals surface area contributed by atoms with Crippen molar-refractivity contribution in [2.45, 2.75) is 46.5 Å². The molecule has 0 aliphatic carbocycles. The van der Waals surface area contributed by atoms with Gasteiger partial charge in [0.15, 0.2) is 0 Å². The summed E-state index contributed by atoms with van der Waals surface area (Å²) in [5.41, 5.74) is 7.12. The molecule has 144 valence electrons. The van der Waals surface area contributed by atoms with E-state index in [9.17, 15) is 4.79 Å². The molecule has 27 heavy (non-hydrogen) atoms. The molecule has 2 rings (SSSR count). The number of hydrogen-bond donors (Lipinski definition) is 1. The van der Waals surface area contributed by atoms with Crippen LogP contribution in [0.15, 0.2) is 53.6 Å². The van der Waals surface area contributed by atoms with Crippen LogP contribution in [-0.4, -0.2) is 25.2 Å². The van der Waals surface area contributed by atoms with Crippen molar-refractivity contribution in [1.29, 1.82) is 0 Å². The van der Waals surface area contributed by atoms with Crippen molar-refractivity contribution >= 4 is 17.8 Å². The lowest BCUT2D eigenvalue weighted by molar-refractivity contribution is -0.120. The van der Waals surface area contributed by atoms with E-state index >= 15 is 0 Å². The fourth-order valence-electron chi connectivity index (χ4n) is 2.89. The van der Waals surface area contributed by atoms with Crippen LogP contribution >= 0.6 is 0 Å². The Balaban J connectivity index is 1.87. The maximum Gasteiger partial charge on any atom is 0.244 e. The van der Waals surface area contributed by atoms with E-state index in [0.717, 1.165) is 24.2 Å². The van der Waals surface area contributed by atoms with E-state index in [0.29, 0.717) is 6.42 Å². The number of amides is 1. The molecule has 0 aliphatic heterocycles. The molecule has 1 amide bonds. The molecule has 2 aromatic rings. The lowest BCUT2D eigenvalue weighted by Gasteiger charge is -2.20. The smallest absolute Gasteiger partial charge is 0.244 e. The van der Waals surface area contributed by atoms with Gasteiger partial charge in [0.2, 0.25) is 5.91 Å². The highest BCUT2D eigenvalue weighted by molar-refractivity contribution is 5.83. The molecule has 1 N–H and O–H groups in total. The normalized spacial score (nSPS) is 11.6. The highest BCUT2D eigenvalue weighted by Gasteiger charge is 2.13. The van der Waals surface area contributed by atoms with Crippen molar-refractivity contribution in [2.75, 3.05) is 18.0 Å². The van der Waals surface area contributed by atoms with Crippen LogP contribution < -0.4 is 10.3 Å². The van der Waals surface area contributed by atoms with E-state index in [1.165, 1.54) is 11.3 Å². The van der Waals surface area contributed by atoms with E-state index < -0.39 is 0 Å². The van der Waals surface area contributed by atoms with Crippen LogP contribution in [0.2, 0.25) is 0 Å². The molecule has 0 heterocycles. The van der Waals surface area contributed by atoms with Crippen LogP contribution in [0.1, 0.15) is 51.3 Å². The molecule has 4 nitrogen and oxygen atoms in total. The number of carbonyl (C=O) groups is 1. The third-order valence-electron chi connectivity index (χ3n) is 4.61. The second kappa shape index (κ2) is 9.36. The second-order valence-electron chi connectivity index (χ2n) is 7.68. The average molecular weight is 366 g/mol. The van der Waals surface area contributed by atoms with Crippen molar-refractivity contribution < 1.29 is 4.79 Å². The summed E-state index contributed by atoms with van der Waals surface area (Å²) in [5, 5.41) is 4.07. The molecule has 0 saturated carbocycles. The minimum absolute atomic E-state index is 0.116. The first kappa shape index (κ1) is 20.7. The fraction of sp³-hybridized carbons (Fsp3) is 0.391. The summed E-state index contributed by atoms with van der Waals surface area (Å²) < 4.78 is 0. The summed E-state index contributed by atoms with van der Waals surface area (Å²) in [6.07, 6.45) is 2.00. The topological polar surface area (TPSA) is 44.7 Å². The summed E-state index contributed by atoms with van der Waals surface area (Å²) >= 11 is 0. The molecular weight excluding hydrogens is 334 g/mol. The number of hydrazone groups is 1. The van der Waals surface area contributed by atoms with Gasteiger partial charge in [-0.05, 0) is 48.1 Å². The molecule has 0 fully saturated rings. The molecule has 2 aromatic carbocycles. The van der Waals surface area contributed by atoms with Crippen LogP contribution in [0.3, 0.4) is 0 Å². The Labute approximate surface area is 163 Å². The van der Waals surface area contributed by atoms with Crippen LogP contribution in [0, 0.1) is 0 Å². The maximum absolute atomic E-state index is 12.1. The third kappa shape index (κ3) is 6.24. The molecule has 4 heteroatoms. The molecule has 0 unspecified atom stereocenters. The number of anilines is 1. The Bertz CT molecular complexity index is 752. The quantitative estimate of drug-likeness (QED) is 0.579. The molecule has 0 aliphatic rings. The van der Waals surface area contributed by atoms with Gasteiger partial charge in [-0.3, -0.25) is 4.79 Å². The van der Waals surface area contributed by atoms with Gasteiger partial charge in [-0.25, -0.2) is 5.43 Å². The van der Waals surface area contributed by atoms with E-state index in [4.69, 9.17) is 0 Å². The molecule has 0 aromatic heterocycles. The Morgan fingerprint density at radius 1 is 1.00 bits per heavy atom. The van der Waals surface area contributed by atoms with Gasteiger partial charge in [-0.2, -0.15) is 5.10 Å². The Kier molecular flexibility index (Phi) is 7.17. The largest absolute Gasteiger partial charge is 0.372 e. The molecule has 0 saturated heterocycles.